The fraction of sp³-hybridized carbons (Fsp3) is 0.174. The Labute approximate surface area is 182 Å². The Morgan fingerprint density at radius 3 is 2.65 bits per heavy atom. The number of nitrogens with one attached hydrogen (secondary N) is 1. The predicted molar refractivity (Wildman–Crippen MR) is 120 cm³/mol. The van der Waals surface area contributed by atoms with Gasteiger partial charge in [-0.15, -0.1) is 11.3 Å². The monoisotopic (exact) mass is 435 g/mol. The molecule has 8 heteroatoms. The van der Waals surface area contributed by atoms with Crippen LogP contribution in [0.2, 0.25) is 0 Å². The van der Waals surface area contributed by atoms with E-state index in [1.54, 1.807) is 30.5 Å². The van der Waals surface area contributed by atoms with Crippen LogP contribution in [-0.4, -0.2) is 21.9 Å². The van der Waals surface area contributed by atoms with E-state index in [1.165, 1.54) is 21.8 Å². The van der Waals surface area contributed by atoms with E-state index in [-0.39, 0.29) is 24.7 Å². The summed E-state index contributed by atoms with van der Waals surface area (Å²) in [6.07, 6.45) is 1.78. The number of carbonyl (C=O) groups excluding carboxylic acids is 1. The Hall–Kier alpha value is -3.65. The van der Waals surface area contributed by atoms with Gasteiger partial charge in [-0.05, 0) is 55.8 Å². The second-order valence-electron chi connectivity index (χ2n) is 7.05. The molecule has 0 atom stereocenters. The number of amides is 1. The second kappa shape index (κ2) is 9.01. The lowest BCUT2D eigenvalue weighted by atomic mass is 10.2. The van der Waals surface area contributed by atoms with E-state index in [0.717, 1.165) is 10.4 Å². The van der Waals surface area contributed by atoms with E-state index in [4.69, 9.17) is 9.47 Å². The molecule has 0 unspecified atom stereocenters. The smallest absolute Gasteiger partial charge is 0.262 e. The van der Waals surface area contributed by atoms with Crippen molar-refractivity contribution in [1.82, 2.24) is 9.38 Å². The summed E-state index contributed by atoms with van der Waals surface area (Å²) < 4.78 is 12.8. The highest BCUT2D eigenvalue weighted by Gasteiger charge is 2.07. The molecule has 2 aromatic carbocycles. The molecule has 158 valence electrons. The van der Waals surface area contributed by atoms with E-state index in [9.17, 15) is 9.59 Å². The first-order chi connectivity index (χ1) is 15.0. The van der Waals surface area contributed by atoms with Crippen LogP contribution < -0.4 is 20.3 Å². The molecular weight excluding hydrogens is 414 g/mol. The SMILES string of the molecule is Cc1cccc(OCC(=O)Nc2ccc(OCc3cc(=O)n4cc(C)sc4n3)cc2)c1. The van der Waals surface area contributed by atoms with Crippen LogP contribution in [0.4, 0.5) is 5.69 Å². The molecule has 1 N–H and O–H groups in total. The van der Waals surface area contributed by atoms with Crippen molar-refractivity contribution < 1.29 is 14.3 Å². The van der Waals surface area contributed by atoms with Crippen molar-refractivity contribution in [2.24, 2.45) is 0 Å². The zero-order valence-corrected chi connectivity index (χ0v) is 17.9. The molecule has 1 amide bonds. The minimum atomic E-state index is -0.251. The van der Waals surface area contributed by atoms with E-state index >= 15 is 0 Å². The van der Waals surface area contributed by atoms with E-state index < -0.39 is 0 Å². The summed E-state index contributed by atoms with van der Waals surface area (Å²) in [5.41, 5.74) is 2.15. The third-order valence-electron chi connectivity index (χ3n) is 4.42. The molecular formula is C23H21N3O4S. The van der Waals surface area contributed by atoms with Crippen molar-refractivity contribution in [2.75, 3.05) is 11.9 Å². The molecule has 4 rings (SSSR count). The number of benzene rings is 2. The van der Waals surface area contributed by atoms with Crippen molar-refractivity contribution in [1.29, 1.82) is 0 Å². The van der Waals surface area contributed by atoms with Gasteiger partial charge in [-0.25, -0.2) is 4.98 Å². The molecule has 0 aliphatic rings. The zero-order valence-electron chi connectivity index (χ0n) is 17.1. The molecule has 0 radical (unpaired) electrons. The third kappa shape index (κ3) is 5.29. The molecule has 0 spiro atoms. The lowest BCUT2D eigenvalue weighted by molar-refractivity contribution is -0.118. The van der Waals surface area contributed by atoms with Crippen LogP contribution in [0.15, 0.2) is 65.6 Å². The summed E-state index contributed by atoms with van der Waals surface area (Å²) in [5.74, 6) is 1.01. The number of ether oxygens (including phenoxy) is 2. The van der Waals surface area contributed by atoms with Crippen LogP contribution in [-0.2, 0) is 11.4 Å². The highest BCUT2D eigenvalue weighted by atomic mass is 32.1. The number of rotatable bonds is 7. The van der Waals surface area contributed by atoms with Gasteiger partial charge in [0.05, 0.1) is 5.69 Å². The predicted octanol–water partition coefficient (Wildman–Crippen LogP) is 3.97. The largest absolute Gasteiger partial charge is 0.487 e. The maximum atomic E-state index is 12.2. The number of anilines is 1. The molecule has 7 nitrogen and oxygen atoms in total. The van der Waals surface area contributed by atoms with Gasteiger partial charge >= 0.3 is 0 Å². The highest BCUT2D eigenvalue weighted by Crippen LogP contribution is 2.18. The average Bonchev–Trinajstić information content (AvgIpc) is 3.13. The van der Waals surface area contributed by atoms with Crippen LogP contribution in [0, 0.1) is 13.8 Å². The van der Waals surface area contributed by atoms with Crippen molar-refractivity contribution in [3.05, 3.63) is 87.3 Å². The van der Waals surface area contributed by atoms with Gasteiger partial charge in [-0.1, -0.05) is 12.1 Å². The van der Waals surface area contributed by atoms with Crippen LogP contribution in [0.1, 0.15) is 16.1 Å². The average molecular weight is 436 g/mol. The second-order valence-corrected chi connectivity index (χ2v) is 8.26. The number of nitrogens with zero attached hydrogens (tertiary/aromatic N) is 2. The molecule has 31 heavy (non-hydrogen) atoms. The molecule has 0 bridgehead atoms. The van der Waals surface area contributed by atoms with Crippen molar-refractivity contribution in [3.63, 3.8) is 0 Å². The summed E-state index contributed by atoms with van der Waals surface area (Å²) in [5, 5.41) is 2.78. The molecule has 2 aromatic heterocycles. The van der Waals surface area contributed by atoms with Gasteiger partial charge in [0.15, 0.2) is 11.6 Å². The third-order valence-corrected chi connectivity index (χ3v) is 5.32. The number of hydrogen-bond acceptors (Lipinski definition) is 6. The van der Waals surface area contributed by atoms with Crippen LogP contribution in [0.25, 0.3) is 4.96 Å². The van der Waals surface area contributed by atoms with E-state index in [2.05, 4.69) is 10.3 Å². The fourth-order valence-corrected chi connectivity index (χ4v) is 3.83. The number of thiazole rings is 1. The first kappa shape index (κ1) is 20.6. The summed E-state index contributed by atoms with van der Waals surface area (Å²) in [6.45, 7) is 4.00. The van der Waals surface area contributed by atoms with Crippen molar-refractivity contribution in [3.8, 4) is 11.5 Å². The van der Waals surface area contributed by atoms with Gasteiger partial charge in [0.2, 0.25) is 0 Å². The number of fused-ring (bicyclic) bond motifs is 1. The van der Waals surface area contributed by atoms with Gasteiger partial charge in [-0.3, -0.25) is 14.0 Å². The maximum Gasteiger partial charge on any atom is 0.262 e. The standard InChI is InChI=1S/C23H21N3O4S/c1-15-4-3-5-20(10-15)30-14-21(27)24-17-6-8-19(9-7-17)29-13-18-11-22(28)26-12-16(2)31-23(26)25-18/h3-12H,13-14H2,1-2H3,(H,24,27). The Morgan fingerprint density at radius 2 is 1.87 bits per heavy atom. The lowest BCUT2D eigenvalue weighted by Crippen LogP contribution is -2.20. The Morgan fingerprint density at radius 1 is 1.06 bits per heavy atom. The van der Waals surface area contributed by atoms with Crippen molar-refractivity contribution in [2.45, 2.75) is 20.5 Å². The van der Waals surface area contributed by atoms with Gasteiger partial charge in [0.25, 0.3) is 11.5 Å². The summed E-state index contributed by atoms with van der Waals surface area (Å²) in [4.78, 5) is 30.4. The quantitative estimate of drug-likeness (QED) is 0.475. The van der Waals surface area contributed by atoms with Gasteiger partial charge in [0.1, 0.15) is 18.1 Å². The van der Waals surface area contributed by atoms with Crippen molar-refractivity contribution >= 4 is 27.9 Å². The normalized spacial score (nSPS) is 10.8. The first-order valence-electron chi connectivity index (χ1n) is 9.67. The van der Waals surface area contributed by atoms with Gasteiger partial charge in [0, 0.05) is 22.8 Å². The minimum absolute atomic E-state index is 0.0758. The topological polar surface area (TPSA) is 81.9 Å². The molecule has 0 saturated carbocycles. The fourth-order valence-electron chi connectivity index (χ4n) is 2.98. The Bertz CT molecular complexity index is 1280. The van der Waals surface area contributed by atoms with E-state index in [1.807, 2.05) is 38.1 Å². The van der Waals surface area contributed by atoms with Crippen LogP contribution in [0.5, 0.6) is 11.5 Å². The number of aromatic nitrogens is 2. The zero-order chi connectivity index (χ0) is 21.8. The number of hydrogen-bond donors (Lipinski definition) is 1. The summed E-state index contributed by atoms with van der Waals surface area (Å²) in [6, 6.07) is 16.0. The van der Waals surface area contributed by atoms with E-state index in [0.29, 0.717) is 27.8 Å². The molecule has 2 heterocycles. The van der Waals surface area contributed by atoms with Crippen LogP contribution in [0.3, 0.4) is 0 Å². The van der Waals surface area contributed by atoms with Gasteiger partial charge in [-0.2, -0.15) is 0 Å². The number of aryl methyl sites for hydroxylation is 2. The Balaban J connectivity index is 1.31. The first-order valence-corrected chi connectivity index (χ1v) is 10.5. The summed E-state index contributed by atoms with van der Waals surface area (Å²) >= 11 is 1.46. The Kier molecular flexibility index (Phi) is 5.99. The lowest BCUT2D eigenvalue weighted by Gasteiger charge is -2.09. The summed E-state index contributed by atoms with van der Waals surface area (Å²) in [7, 11) is 0. The minimum Gasteiger partial charge on any atom is -0.487 e. The molecule has 0 aliphatic heterocycles. The maximum absolute atomic E-state index is 12.2. The molecule has 0 fully saturated rings. The molecule has 0 aliphatic carbocycles. The molecule has 0 saturated heterocycles. The van der Waals surface area contributed by atoms with Gasteiger partial charge < -0.3 is 14.8 Å². The highest BCUT2D eigenvalue weighted by molar-refractivity contribution is 7.16. The van der Waals surface area contributed by atoms with Crippen LogP contribution >= 0.6 is 11.3 Å². The molecule has 4 aromatic rings. The number of carbonyl (C=O) groups is 1.